The van der Waals surface area contributed by atoms with Crippen LogP contribution in [0.15, 0.2) is 78.4 Å². The second-order valence-electron chi connectivity index (χ2n) is 11.6. The number of anilines is 6. The standard InChI is InChI=1S/C33H35F3N10O2/c1-4-44-12-14-45(15-13-44)28-11-10-25(19-38-28)41-31-39-17-22-20-46(32(48)43(3)29(22)42-31)27-16-24(9-8-21(27)2)40-30(47)26-7-5-6-23(18-37-26)33(34,35)36/h5-11,16-19,37H,4,12-15,20H2,1-3H3,(H,40,47)(H,39,41,42). The van der Waals surface area contributed by atoms with Crippen LogP contribution in [-0.2, 0) is 11.3 Å². The van der Waals surface area contributed by atoms with Gasteiger partial charge in [-0.05, 0) is 55.4 Å². The molecule has 15 heteroatoms. The average molecular weight is 661 g/mol. The maximum Gasteiger partial charge on any atom is 0.417 e. The van der Waals surface area contributed by atoms with Crippen molar-refractivity contribution in [1.82, 2.24) is 25.2 Å². The lowest BCUT2D eigenvalue weighted by atomic mass is 10.1. The van der Waals surface area contributed by atoms with Crippen LogP contribution in [0.4, 0.5) is 52.6 Å². The number of likely N-dealkylation sites (N-methyl/N-ethyl adjacent to an activating group) is 1. The van der Waals surface area contributed by atoms with E-state index in [4.69, 9.17) is 0 Å². The molecule has 1 saturated heterocycles. The predicted molar refractivity (Wildman–Crippen MR) is 178 cm³/mol. The van der Waals surface area contributed by atoms with Gasteiger partial charge in [0.25, 0.3) is 5.91 Å². The lowest BCUT2D eigenvalue weighted by Crippen LogP contribution is -2.46. The fourth-order valence-electron chi connectivity index (χ4n) is 5.62. The van der Waals surface area contributed by atoms with Gasteiger partial charge in [-0.1, -0.05) is 19.1 Å². The van der Waals surface area contributed by atoms with E-state index in [9.17, 15) is 22.8 Å². The lowest BCUT2D eigenvalue weighted by Gasteiger charge is -2.35. The van der Waals surface area contributed by atoms with Gasteiger partial charge in [-0.2, -0.15) is 18.2 Å². The number of halogens is 3. The first-order valence-electron chi connectivity index (χ1n) is 15.5. The second-order valence-corrected chi connectivity index (χ2v) is 11.6. The number of piperazine rings is 1. The molecule has 12 nitrogen and oxygen atoms in total. The first kappa shape index (κ1) is 32.5. The van der Waals surface area contributed by atoms with Crippen LogP contribution in [-0.4, -0.2) is 77.7 Å². The molecule has 250 valence electrons. The number of carbonyl (C=O) groups is 2. The van der Waals surface area contributed by atoms with Crippen LogP contribution in [0.1, 0.15) is 18.1 Å². The first-order chi connectivity index (χ1) is 23.0. The molecule has 0 aliphatic carbocycles. The van der Waals surface area contributed by atoms with Crippen LogP contribution in [0.5, 0.6) is 0 Å². The zero-order valence-corrected chi connectivity index (χ0v) is 26.7. The number of pyridine rings is 1. The van der Waals surface area contributed by atoms with E-state index in [1.165, 1.54) is 11.0 Å². The van der Waals surface area contributed by atoms with Crippen molar-refractivity contribution in [3.8, 4) is 0 Å². The van der Waals surface area contributed by atoms with Crippen molar-refractivity contribution < 1.29 is 22.8 Å². The van der Waals surface area contributed by atoms with Crippen molar-refractivity contribution in [2.75, 3.05) is 65.1 Å². The van der Waals surface area contributed by atoms with Gasteiger partial charge < -0.3 is 25.8 Å². The van der Waals surface area contributed by atoms with E-state index in [1.54, 1.807) is 42.5 Å². The predicted octanol–water partition coefficient (Wildman–Crippen LogP) is 5.07. The Bertz CT molecular complexity index is 1800. The van der Waals surface area contributed by atoms with Crippen molar-refractivity contribution in [2.24, 2.45) is 0 Å². The Morgan fingerprint density at radius 2 is 1.81 bits per heavy atom. The SMILES string of the molecule is CCN1CCN(c2ccc(Nc3ncc4c(n3)N(C)C(=O)N(c3cc(NC(=O)C5=CC=CC(C(F)(F)F)=CN5)ccc3C)C4)cn2)CC1. The maximum absolute atomic E-state index is 13.6. The number of nitrogens with zero attached hydrogens (tertiary/aromatic N) is 7. The quantitative estimate of drug-likeness (QED) is 0.319. The first-order valence-corrected chi connectivity index (χ1v) is 15.5. The number of rotatable bonds is 7. The molecule has 0 spiro atoms. The summed E-state index contributed by atoms with van der Waals surface area (Å²) in [7, 11) is 1.63. The van der Waals surface area contributed by atoms with Gasteiger partial charge in [0, 0.05) is 56.9 Å². The van der Waals surface area contributed by atoms with E-state index >= 15 is 0 Å². The molecule has 1 aromatic carbocycles. The number of urea groups is 1. The number of aryl methyl sites for hydroxylation is 1. The molecule has 3 aliphatic rings. The molecule has 0 bridgehead atoms. The summed E-state index contributed by atoms with van der Waals surface area (Å²) in [4.78, 5) is 47.9. The molecule has 0 radical (unpaired) electrons. The van der Waals surface area contributed by atoms with Crippen LogP contribution >= 0.6 is 0 Å². The number of aromatic nitrogens is 3. The number of benzene rings is 1. The third kappa shape index (κ3) is 6.95. The van der Waals surface area contributed by atoms with E-state index in [0.717, 1.165) is 68.1 Å². The van der Waals surface area contributed by atoms with Crippen molar-refractivity contribution >= 4 is 46.6 Å². The van der Waals surface area contributed by atoms with Gasteiger partial charge in [-0.3, -0.25) is 14.6 Å². The number of hydrogen-bond acceptors (Lipinski definition) is 9. The van der Waals surface area contributed by atoms with E-state index in [1.807, 2.05) is 19.1 Å². The largest absolute Gasteiger partial charge is 0.417 e. The van der Waals surface area contributed by atoms with Crippen molar-refractivity contribution in [3.05, 3.63) is 89.6 Å². The number of amides is 3. The number of hydrogen-bond donors (Lipinski definition) is 3. The van der Waals surface area contributed by atoms with E-state index in [2.05, 4.69) is 47.6 Å². The number of carbonyl (C=O) groups excluding carboxylic acids is 2. The van der Waals surface area contributed by atoms with Gasteiger partial charge >= 0.3 is 12.2 Å². The molecular formula is C33H35F3N10O2. The second kappa shape index (κ2) is 13.4. The van der Waals surface area contributed by atoms with Crippen LogP contribution in [0.25, 0.3) is 0 Å². The Hall–Kier alpha value is -5.44. The Kier molecular flexibility index (Phi) is 9.04. The van der Waals surface area contributed by atoms with E-state index in [0.29, 0.717) is 28.7 Å². The molecule has 1 fully saturated rings. The Morgan fingerprint density at radius 3 is 2.52 bits per heavy atom. The highest BCUT2D eigenvalue weighted by atomic mass is 19.4. The topological polar surface area (TPSA) is 122 Å². The highest BCUT2D eigenvalue weighted by Gasteiger charge is 2.33. The number of allylic oxidation sites excluding steroid dienone is 4. The molecule has 2 aromatic heterocycles. The molecule has 0 saturated carbocycles. The molecule has 5 heterocycles. The summed E-state index contributed by atoms with van der Waals surface area (Å²) in [5.74, 6) is 1.05. The van der Waals surface area contributed by atoms with Gasteiger partial charge in [-0.15, -0.1) is 0 Å². The highest BCUT2D eigenvalue weighted by molar-refractivity contribution is 6.07. The molecule has 3 N–H and O–H groups in total. The minimum atomic E-state index is -4.56. The van der Waals surface area contributed by atoms with E-state index in [-0.39, 0.29) is 18.3 Å². The number of fused-ring (bicyclic) bond motifs is 1. The molecule has 3 aromatic rings. The molecule has 6 rings (SSSR count). The summed E-state index contributed by atoms with van der Waals surface area (Å²) < 4.78 is 39.2. The van der Waals surface area contributed by atoms with Crippen LogP contribution in [0, 0.1) is 6.92 Å². The summed E-state index contributed by atoms with van der Waals surface area (Å²) in [5.41, 5.74) is 2.11. The third-order valence-electron chi connectivity index (χ3n) is 8.40. The van der Waals surface area contributed by atoms with Gasteiger partial charge in [0.05, 0.1) is 29.7 Å². The molecular weight excluding hydrogens is 625 g/mol. The number of nitrogens with one attached hydrogen (secondary N) is 3. The summed E-state index contributed by atoms with van der Waals surface area (Å²) in [6.45, 7) is 9.11. The highest BCUT2D eigenvalue weighted by Crippen LogP contribution is 2.34. The molecule has 3 amide bonds. The summed E-state index contributed by atoms with van der Waals surface area (Å²) in [5, 5.41) is 8.29. The van der Waals surface area contributed by atoms with Gasteiger partial charge in [-0.25, -0.2) is 14.8 Å². The zero-order chi connectivity index (χ0) is 34.0. The summed E-state index contributed by atoms with van der Waals surface area (Å²) in [6.07, 6.45) is 2.87. The van der Waals surface area contributed by atoms with Crippen molar-refractivity contribution in [3.63, 3.8) is 0 Å². The average Bonchev–Trinajstić information content (AvgIpc) is 3.35. The Labute approximate surface area is 275 Å². The normalized spacial score (nSPS) is 16.9. The summed E-state index contributed by atoms with van der Waals surface area (Å²) >= 11 is 0. The fourth-order valence-corrected chi connectivity index (χ4v) is 5.62. The van der Waals surface area contributed by atoms with E-state index < -0.39 is 17.7 Å². The number of alkyl halides is 3. The monoisotopic (exact) mass is 660 g/mol. The minimum Gasteiger partial charge on any atom is -0.357 e. The van der Waals surface area contributed by atoms with Crippen molar-refractivity contribution in [1.29, 1.82) is 0 Å². The summed E-state index contributed by atoms with van der Waals surface area (Å²) in [6, 6.07) is 8.61. The lowest BCUT2D eigenvalue weighted by molar-refractivity contribution is -0.113. The zero-order valence-electron chi connectivity index (χ0n) is 26.7. The third-order valence-corrected chi connectivity index (χ3v) is 8.40. The van der Waals surface area contributed by atoms with Gasteiger partial charge in [0.15, 0.2) is 0 Å². The van der Waals surface area contributed by atoms with Gasteiger partial charge in [0.2, 0.25) is 5.95 Å². The molecule has 48 heavy (non-hydrogen) atoms. The minimum absolute atomic E-state index is 0.0749. The van der Waals surface area contributed by atoms with Crippen molar-refractivity contribution in [2.45, 2.75) is 26.6 Å². The Balaban J connectivity index is 1.13. The molecule has 3 aliphatic heterocycles. The maximum atomic E-state index is 13.6. The molecule has 0 atom stereocenters. The van der Waals surface area contributed by atoms with Crippen LogP contribution < -0.4 is 30.7 Å². The fraction of sp³-hybridized carbons (Fsp3) is 0.303. The van der Waals surface area contributed by atoms with Gasteiger partial charge in [0.1, 0.15) is 17.3 Å². The molecule has 0 unspecified atom stereocenters. The van der Waals surface area contributed by atoms with Crippen LogP contribution in [0.3, 0.4) is 0 Å². The smallest absolute Gasteiger partial charge is 0.357 e. The Morgan fingerprint density at radius 1 is 1.04 bits per heavy atom. The van der Waals surface area contributed by atoms with Crippen LogP contribution in [0.2, 0.25) is 0 Å².